The molecule has 1 heterocycles. The van der Waals surface area contributed by atoms with Crippen LogP contribution in [0.4, 0.5) is 0 Å². The van der Waals surface area contributed by atoms with Crippen LogP contribution in [0.5, 0.6) is 0 Å². The third-order valence-electron chi connectivity index (χ3n) is 15.5. The molecule has 1 aliphatic heterocycles. The number of rotatable bonds is 3. The molecule has 0 atom stereocenters. The van der Waals surface area contributed by atoms with Crippen molar-refractivity contribution >= 4 is 72.3 Å². The van der Waals surface area contributed by atoms with Crippen LogP contribution in [0, 0.1) is 0 Å². The summed E-state index contributed by atoms with van der Waals surface area (Å²) in [5.41, 5.74) is 21.3. The van der Waals surface area contributed by atoms with E-state index >= 15 is 0 Å². The van der Waals surface area contributed by atoms with Crippen LogP contribution in [0.2, 0.25) is 13.1 Å². The molecule has 2 aliphatic carbocycles. The first kappa shape index (κ1) is 35.6. The average Bonchev–Trinajstić information content (AvgIpc) is 3.94. The minimum Gasteiger partial charge on any atom is -0.0616 e. The summed E-state index contributed by atoms with van der Waals surface area (Å²) in [6.07, 6.45) is 0. The predicted molar refractivity (Wildman–Crippen MR) is 281 cm³/mol. The van der Waals surface area contributed by atoms with Crippen molar-refractivity contribution < 1.29 is 0 Å². The summed E-state index contributed by atoms with van der Waals surface area (Å²) >= 11 is 0. The highest BCUT2D eigenvalue weighted by Crippen LogP contribution is 2.55. The molecule has 300 valence electrons. The number of fused-ring (bicyclic) bond motifs is 12. The van der Waals surface area contributed by atoms with E-state index in [0.717, 1.165) is 0 Å². The molecule has 0 saturated heterocycles. The number of hydrogen-bond donors (Lipinski definition) is 0. The Morgan fingerprint density at radius 3 is 1.26 bits per heavy atom. The second kappa shape index (κ2) is 12.7. The van der Waals surface area contributed by atoms with Gasteiger partial charge in [-0.3, -0.25) is 0 Å². The molecule has 0 nitrogen and oxygen atoms in total. The molecule has 12 aromatic carbocycles. The summed E-state index contributed by atoms with van der Waals surface area (Å²) in [6.45, 7) is 5.15. The Balaban J connectivity index is 1.05. The summed E-state index contributed by atoms with van der Waals surface area (Å²) in [4.78, 5) is 0. The van der Waals surface area contributed by atoms with Crippen LogP contribution in [0.25, 0.3) is 143 Å². The fourth-order valence-electron chi connectivity index (χ4n) is 12.6. The summed E-state index contributed by atoms with van der Waals surface area (Å²) in [5.74, 6) is 0. The Bertz CT molecular complexity index is 4090. The van der Waals surface area contributed by atoms with E-state index in [2.05, 4.69) is 219 Å². The topological polar surface area (TPSA) is 0 Å². The van der Waals surface area contributed by atoms with Crippen molar-refractivity contribution in [2.75, 3.05) is 0 Å². The van der Waals surface area contributed by atoms with Gasteiger partial charge in [0.2, 0.25) is 0 Å². The van der Waals surface area contributed by atoms with E-state index in [1.54, 1.807) is 0 Å². The third-order valence-corrected chi connectivity index (χ3v) is 19.1. The van der Waals surface area contributed by atoms with Gasteiger partial charge in [-0.25, -0.2) is 0 Å². The van der Waals surface area contributed by atoms with Crippen molar-refractivity contribution in [3.63, 3.8) is 0 Å². The van der Waals surface area contributed by atoms with Gasteiger partial charge in [0.25, 0.3) is 0 Å². The predicted octanol–water partition coefficient (Wildman–Crippen LogP) is 16.6. The number of benzene rings is 12. The lowest BCUT2D eigenvalue weighted by Crippen LogP contribution is -2.49. The van der Waals surface area contributed by atoms with Crippen LogP contribution in [-0.2, 0) is 0 Å². The zero-order valence-electron chi connectivity index (χ0n) is 36.1. The molecular formula is C64H40Si. The minimum absolute atomic E-state index is 1.27. The highest BCUT2D eigenvalue weighted by atomic mass is 28.3. The second-order valence-corrected chi connectivity index (χ2v) is 23.4. The molecule has 0 saturated carbocycles. The molecule has 0 spiro atoms. The van der Waals surface area contributed by atoms with E-state index in [-0.39, 0.29) is 0 Å². The first-order valence-electron chi connectivity index (χ1n) is 23.0. The van der Waals surface area contributed by atoms with Crippen molar-refractivity contribution in [2.24, 2.45) is 0 Å². The van der Waals surface area contributed by atoms with Gasteiger partial charge in [0, 0.05) is 0 Å². The molecule has 0 amide bonds. The lowest BCUT2D eigenvalue weighted by molar-refractivity contribution is 1.66. The van der Waals surface area contributed by atoms with Crippen LogP contribution >= 0.6 is 0 Å². The normalized spacial score (nSPS) is 13.5. The van der Waals surface area contributed by atoms with Crippen molar-refractivity contribution in [1.29, 1.82) is 0 Å². The Kier molecular flexibility index (Phi) is 6.93. The Morgan fingerprint density at radius 2 is 0.662 bits per heavy atom. The van der Waals surface area contributed by atoms with Crippen molar-refractivity contribution in [2.45, 2.75) is 13.1 Å². The molecule has 0 N–H and O–H groups in total. The molecule has 0 bridgehead atoms. The molecule has 0 fully saturated rings. The summed E-state index contributed by atoms with van der Waals surface area (Å²) in [6, 6.07) is 79.0. The quantitative estimate of drug-likeness (QED) is 0.123. The third kappa shape index (κ3) is 4.65. The molecule has 0 unspecified atom stereocenters. The van der Waals surface area contributed by atoms with Crippen LogP contribution in [0.1, 0.15) is 0 Å². The fourth-order valence-corrected chi connectivity index (χ4v) is 15.7. The van der Waals surface area contributed by atoms with Crippen LogP contribution in [0.3, 0.4) is 0 Å². The zero-order valence-corrected chi connectivity index (χ0v) is 37.1. The van der Waals surface area contributed by atoms with Gasteiger partial charge in [0.15, 0.2) is 0 Å². The van der Waals surface area contributed by atoms with E-state index < -0.39 is 8.07 Å². The first-order valence-corrected chi connectivity index (χ1v) is 26.0. The van der Waals surface area contributed by atoms with Gasteiger partial charge in [-0.1, -0.05) is 207 Å². The maximum atomic E-state index is 2.66. The van der Waals surface area contributed by atoms with Crippen molar-refractivity contribution in [3.05, 3.63) is 206 Å². The second-order valence-electron chi connectivity index (χ2n) is 19.1. The molecule has 15 rings (SSSR count). The molecule has 3 aliphatic rings. The lowest BCUT2D eigenvalue weighted by Gasteiger charge is -2.23. The van der Waals surface area contributed by atoms with Gasteiger partial charge in [0.1, 0.15) is 8.07 Å². The van der Waals surface area contributed by atoms with Crippen molar-refractivity contribution in [3.8, 4) is 89.0 Å². The van der Waals surface area contributed by atoms with Gasteiger partial charge in [0.05, 0.1) is 0 Å². The van der Waals surface area contributed by atoms with E-state index in [4.69, 9.17) is 0 Å². The smallest absolute Gasteiger partial charge is 0.0616 e. The highest BCUT2D eigenvalue weighted by molar-refractivity contribution is 7.04. The van der Waals surface area contributed by atoms with E-state index in [1.165, 1.54) is 153 Å². The Hall–Kier alpha value is -7.84. The molecular weight excluding hydrogens is 797 g/mol. The highest BCUT2D eigenvalue weighted by Gasteiger charge is 2.39. The van der Waals surface area contributed by atoms with Gasteiger partial charge < -0.3 is 0 Å². The Labute approximate surface area is 378 Å². The molecule has 12 aromatic rings. The van der Waals surface area contributed by atoms with Gasteiger partial charge in [-0.2, -0.15) is 0 Å². The van der Waals surface area contributed by atoms with Gasteiger partial charge >= 0.3 is 0 Å². The lowest BCUT2D eigenvalue weighted by atomic mass is 9.82. The first-order chi connectivity index (χ1) is 32.0. The van der Waals surface area contributed by atoms with E-state index in [9.17, 15) is 0 Å². The Morgan fingerprint density at radius 1 is 0.246 bits per heavy atom. The molecule has 0 radical (unpaired) electrons. The van der Waals surface area contributed by atoms with Crippen LogP contribution < -0.4 is 10.4 Å². The zero-order chi connectivity index (χ0) is 42.7. The summed E-state index contributed by atoms with van der Waals surface area (Å²) < 4.78 is 0. The number of hydrogen-bond acceptors (Lipinski definition) is 0. The van der Waals surface area contributed by atoms with Gasteiger partial charge in [-0.15, -0.1) is 0 Å². The maximum Gasteiger partial charge on any atom is 0.113 e. The van der Waals surface area contributed by atoms with Gasteiger partial charge in [-0.05, 0) is 165 Å². The van der Waals surface area contributed by atoms with Crippen LogP contribution in [0.15, 0.2) is 206 Å². The largest absolute Gasteiger partial charge is 0.113 e. The maximum absolute atomic E-state index is 2.66. The molecule has 65 heavy (non-hydrogen) atoms. The molecule has 1 heteroatoms. The molecule has 0 aromatic heterocycles. The summed E-state index contributed by atoms with van der Waals surface area (Å²) in [5, 5.41) is 16.2. The van der Waals surface area contributed by atoms with Crippen molar-refractivity contribution in [1.82, 2.24) is 0 Å². The monoisotopic (exact) mass is 836 g/mol. The summed E-state index contributed by atoms with van der Waals surface area (Å²) in [7, 11) is -2.20. The fraction of sp³-hybridized carbons (Fsp3) is 0.0312. The van der Waals surface area contributed by atoms with Crippen LogP contribution in [-0.4, -0.2) is 8.07 Å². The minimum atomic E-state index is -2.20. The standard InChI is InChI=1S/C64H40Si/c1-65(2)59-34-40(39-26-25-37-13-3-4-14-38(37)33-39)27-28-45(59)56-35-57-58(36-60(56)65)64(55-32-30-53-44-18-8-6-16-42(44)47-22-12-24-51(55)62(47)53)49-20-10-9-19-48(49)63(57)54-31-29-52-43-17-7-5-15-41(43)46-21-11-23-50(54)61(46)52/h3-36H,1-2H3. The SMILES string of the molecule is C[Si]1(C)c2cc(-c3ccc4ccccc4c3)ccc2-c2cc3c(-c4ccc5c6c(cccc46)-c4ccccc4-5)c4ccccc4c(-c4ccc5c6c(cccc46)-c4ccccc4-5)c3cc21. The van der Waals surface area contributed by atoms with E-state index in [1.807, 2.05) is 0 Å². The van der Waals surface area contributed by atoms with E-state index in [0.29, 0.717) is 0 Å². The average molecular weight is 837 g/mol.